The molecule has 1 aliphatic rings. The van der Waals surface area contributed by atoms with E-state index in [2.05, 4.69) is 5.32 Å². The van der Waals surface area contributed by atoms with E-state index in [9.17, 15) is 19.7 Å². The summed E-state index contributed by atoms with van der Waals surface area (Å²) in [5.41, 5.74) is 1.84. The molecule has 0 atom stereocenters. The number of hydrogen-bond acceptors (Lipinski definition) is 7. The minimum absolute atomic E-state index is 0.0939. The van der Waals surface area contributed by atoms with Crippen molar-refractivity contribution in [1.29, 1.82) is 0 Å². The Morgan fingerprint density at radius 2 is 1.85 bits per heavy atom. The minimum Gasteiger partial charge on any atom is -0.454 e. The zero-order valence-corrected chi connectivity index (χ0v) is 14.6. The molecule has 1 N–H and O–H groups in total. The van der Waals surface area contributed by atoms with Crippen LogP contribution in [0.3, 0.4) is 0 Å². The number of hydrogen-bond donors (Lipinski definition) is 1. The number of esters is 1. The number of fused-ring (bicyclic) bond motifs is 1. The molecule has 0 saturated carbocycles. The van der Waals surface area contributed by atoms with Crippen molar-refractivity contribution in [3.8, 4) is 11.5 Å². The average Bonchev–Trinajstić information content (AvgIpc) is 3.09. The lowest BCUT2D eigenvalue weighted by atomic mass is 10.1. The van der Waals surface area contributed by atoms with Crippen LogP contribution in [0.25, 0.3) is 0 Å². The summed E-state index contributed by atoms with van der Waals surface area (Å²) in [4.78, 5) is 34.7. The third-order valence-electron chi connectivity index (χ3n) is 4.03. The van der Waals surface area contributed by atoms with E-state index in [1.54, 1.807) is 12.1 Å². The van der Waals surface area contributed by atoms with Gasteiger partial charge in [-0.15, -0.1) is 0 Å². The van der Waals surface area contributed by atoms with Crippen molar-refractivity contribution >= 4 is 23.3 Å². The van der Waals surface area contributed by atoms with E-state index in [-0.39, 0.29) is 23.9 Å². The fourth-order valence-corrected chi connectivity index (χ4v) is 2.47. The third kappa shape index (κ3) is 3.97. The first kappa shape index (κ1) is 18.2. The fraction of sp³-hybridized carbons (Fsp3) is 0.222. The van der Waals surface area contributed by atoms with Crippen LogP contribution in [0, 0.1) is 24.0 Å². The number of carbonyl (C=O) groups excluding carboxylic acids is 2. The highest BCUT2D eigenvalue weighted by molar-refractivity contribution is 5.98. The van der Waals surface area contributed by atoms with Gasteiger partial charge in [0.05, 0.1) is 11.0 Å². The SMILES string of the molecule is Cc1ccc(NC(=O)COC(=O)c2cc3c(cc2[N+](=O)[O-])OCO3)cc1C. The Balaban J connectivity index is 1.67. The lowest BCUT2D eigenvalue weighted by molar-refractivity contribution is -0.385. The number of ether oxygens (including phenoxy) is 3. The smallest absolute Gasteiger partial charge is 0.345 e. The molecular formula is C18H16N2O7. The van der Waals surface area contributed by atoms with Crippen LogP contribution in [0.1, 0.15) is 21.5 Å². The Morgan fingerprint density at radius 3 is 2.52 bits per heavy atom. The van der Waals surface area contributed by atoms with Crippen molar-refractivity contribution in [3.63, 3.8) is 0 Å². The van der Waals surface area contributed by atoms with Gasteiger partial charge in [-0.2, -0.15) is 0 Å². The monoisotopic (exact) mass is 372 g/mol. The van der Waals surface area contributed by atoms with E-state index in [1.165, 1.54) is 6.07 Å². The Bertz CT molecular complexity index is 940. The second-order valence-electron chi connectivity index (χ2n) is 5.90. The number of aryl methyl sites for hydroxylation is 2. The highest BCUT2D eigenvalue weighted by Gasteiger charge is 2.28. The average molecular weight is 372 g/mol. The highest BCUT2D eigenvalue weighted by Crippen LogP contribution is 2.38. The Kier molecular flexibility index (Phi) is 4.93. The maximum absolute atomic E-state index is 12.2. The van der Waals surface area contributed by atoms with Crippen molar-refractivity contribution in [3.05, 3.63) is 57.1 Å². The molecule has 9 nitrogen and oxygen atoms in total. The van der Waals surface area contributed by atoms with Gasteiger partial charge in [0, 0.05) is 11.8 Å². The van der Waals surface area contributed by atoms with E-state index in [4.69, 9.17) is 14.2 Å². The molecule has 0 unspecified atom stereocenters. The topological polar surface area (TPSA) is 117 Å². The first-order valence-corrected chi connectivity index (χ1v) is 7.97. The standard InChI is InChI=1S/C18H16N2O7/c1-10-3-4-12(5-11(10)2)19-17(21)8-25-18(22)13-6-15-16(27-9-26-15)7-14(13)20(23)24/h3-7H,8-9H2,1-2H3,(H,19,21). The third-order valence-corrected chi connectivity index (χ3v) is 4.03. The Hall–Kier alpha value is -3.62. The minimum atomic E-state index is -1.00. The Labute approximate surface area is 154 Å². The first-order valence-electron chi connectivity index (χ1n) is 7.97. The van der Waals surface area contributed by atoms with Gasteiger partial charge in [-0.3, -0.25) is 14.9 Å². The summed E-state index contributed by atoms with van der Waals surface area (Å²) in [7, 11) is 0. The number of nitrogens with one attached hydrogen (secondary N) is 1. The van der Waals surface area contributed by atoms with Crippen molar-refractivity contribution in [1.82, 2.24) is 0 Å². The summed E-state index contributed by atoms with van der Waals surface area (Å²) in [6.45, 7) is 3.17. The molecule has 3 rings (SSSR count). The zero-order chi connectivity index (χ0) is 19.6. The number of carbonyl (C=O) groups is 2. The summed E-state index contributed by atoms with van der Waals surface area (Å²) in [6.07, 6.45) is 0. The van der Waals surface area contributed by atoms with Crippen LogP contribution in [-0.2, 0) is 9.53 Å². The molecule has 0 aromatic heterocycles. The molecule has 0 bridgehead atoms. The molecule has 0 fully saturated rings. The van der Waals surface area contributed by atoms with Crippen LogP contribution < -0.4 is 14.8 Å². The summed E-state index contributed by atoms with van der Waals surface area (Å²) in [6, 6.07) is 7.63. The molecule has 1 heterocycles. The molecule has 0 aliphatic carbocycles. The van der Waals surface area contributed by atoms with Crippen LogP contribution >= 0.6 is 0 Å². The van der Waals surface area contributed by atoms with Gasteiger partial charge in [0.2, 0.25) is 6.79 Å². The van der Waals surface area contributed by atoms with E-state index in [1.807, 2.05) is 19.9 Å². The molecule has 1 amide bonds. The highest BCUT2D eigenvalue weighted by atomic mass is 16.7. The summed E-state index contributed by atoms with van der Waals surface area (Å²) < 4.78 is 15.1. The zero-order valence-electron chi connectivity index (χ0n) is 14.6. The second kappa shape index (κ2) is 7.32. The van der Waals surface area contributed by atoms with E-state index < -0.39 is 29.1 Å². The van der Waals surface area contributed by atoms with E-state index in [0.717, 1.165) is 17.2 Å². The van der Waals surface area contributed by atoms with E-state index >= 15 is 0 Å². The van der Waals surface area contributed by atoms with E-state index in [0.29, 0.717) is 5.69 Å². The maximum atomic E-state index is 12.2. The molecule has 2 aromatic rings. The molecule has 2 aromatic carbocycles. The molecule has 0 saturated heterocycles. The second-order valence-corrected chi connectivity index (χ2v) is 5.90. The molecule has 27 heavy (non-hydrogen) atoms. The number of anilines is 1. The molecule has 1 aliphatic heterocycles. The molecule has 140 valence electrons. The van der Waals surface area contributed by atoms with Gasteiger partial charge in [0.1, 0.15) is 5.56 Å². The van der Waals surface area contributed by atoms with Gasteiger partial charge < -0.3 is 19.5 Å². The van der Waals surface area contributed by atoms with Crippen LogP contribution in [0.5, 0.6) is 11.5 Å². The maximum Gasteiger partial charge on any atom is 0.345 e. The number of nitro benzene ring substituents is 1. The number of nitro groups is 1. The predicted octanol–water partition coefficient (Wildman–Crippen LogP) is 2.74. The van der Waals surface area contributed by atoms with Gasteiger partial charge in [-0.25, -0.2) is 4.79 Å². The van der Waals surface area contributed by atoms with Gasteiger partial charge in [-0.05, 0) is 37.1 Å². The largest absolute Gasteiger partial charge is 0.454 e. The van der Waals surface area contributed by atoms with Crippen molar-refractivity contribution in [2.75, 3.05) is 18.7 Å². The number of nitrogens with zero attached hydrogens (tertiary/aromatic N) is 1. The van der Waals surface area contributed by atoms with Gasteiger partial charge in [0.15, 0.2) is 18.1 Å². The summed E-state index contributed by atoms with van der Waals surface area (Å²) in [5.74, 6) is -1.19. The molecule has 0 radical (unpaired) electrons. The number of amides is 1. The molecular weight excluding hydrogens is 356 g/mol. The Morgan fingerprint density at radius 1 is 1.15 bits per heavy atom. The fourth-order valence-electron chi connectivity index (χ4n) is 2.47. The summed E-state index contributed by atoms with van der Waals surface area (Å²) in [5, 5.41) is 13.8. The number of rotatable bonds is 5. The van der Waals surface area contributed by atoms with Crippen molar-refractivity contribution < 1.29 is 28.7 Å². The quantitative estimate of drug-likeness (QED) is 0.487. The van der Waals surface area contributed by atoms with Crippen LogP contribution in [0.15, 0.2) is 30.3 Å². The van der Waals surface area contributed by atoms with Crippen LogP contribution in [0.2, 0.25) is 0 Å². The predicted molar refractivity (Wildman–Crippen MR) is 94.0 cm³/mol. The van der Waals surface area contributed by atoms with Crippen LogP contribution in [0.4, 0.5) is 11.4 Å². The number of benzene rings is 2. The first-order chi connectivity index (χ1) is 12.8. The normalized spacial score (nSPS) is 11.8. The van der Waals surface area contributed by atoms with Crippen LogP contribution in [-0.4, -0.2) is 30.2 Å². The van der Waals surface area contributed by atoms with Crippen molar-refractivity contribution in [2.45, 2.75) is 13.8 Å². The van der Waals surface area contributed by atoms with Gasteiger partial charge in [-0.1, -0.05) is 6.07 Å². The lowest BCUT2D eigenvalue weighted by Crippen LogP contribution is -2.21. The van der Waals surface area contributed by atoms with Gasteiger partial charge >= 0.3 is 5.97 Å². The van der Waals surface area contributed by atoms with Gasteiger partial charge in [0.25, 0.3) is 11.6 Å². The van der Waals surface area contributed by atoms with Crippen molar-refractivity contribution in [2.24, 2.45) is 0 Å². The lowest BCUT2D eigenvalue weighted by Gasteiger charge is -2.09. The molecule has 0 spiro atoms. The molecule has 9 heteroatoms. The summed E-state index contributed by atoms with van der Waals surface area (Å²) >= 11 is 0.